The number of anilines is 1. The maximum Gasteiger partial charge on any atom is 0.258 e. The van der Waals surface area contributed by atoms with E-state index < -0.39 is 0 Å². The smallest absolute Gasteiger partial charge is 0.258 e. The number of likely N-dealkylation sites (N-methyl/N-ethyl adjacent to an activating group) is 1. The molecular formula is C20H16Cl2N2O2. The first-order valence-electron chi connectivity index (χ1n) is 8.26. The standard InChI is InChI=1S/C20H16Cl2N2O2/c1-23-10-16(15-8-13(21)9-18(22)17(15)11-23)12-3-2-4-14(7-12)24-19(25)5-6-20(24)26/h2-9,16H,10-11H2,1H3. The minimum Gasteiger partial charge on any atom is -0.301 e. The number of hydrogen-bond donors (Lipinski definition) is 0. The van der Waals surface area contributed by atoms with Crippen LogP contribution in [0.25, 0.3) is 0 Å². The lowest BCUT2D eigenvalue weighted by Gasteiger charge is -2.33. The Kier molecular flexibility index (Phi) is 4.35. The van der Waals surface area contributed by atoms with Crippen molar-refractivity contribution in [1.82, 2.24) is 4.90 Å². The first-order chi connectivity index (χ1) is 12.4. The average molecular weight is 387 g/mol. The van der Waals surface area contributed by atoms with Crippen LogP contribution in [0.4, 0.5) is 5.69 Å². The zero-order valence-electron chi connectivity index (χ0n) is 14.1. The number of benzene rings is 2. The first kappa shape index (κ1) is 17.3. The van der Waals surface area contributed by atoms with Crippen LogP contribution in [-0.4, -0.2) is 30.3 Å². The van der Waals surface area contributed by atoms with Gasteiger partial charge in [0.25, 0.3) is 11.8 Å². The minimum absolute atomic E-state index is 0.0562. The van der Waals surface area contributed by atoms with Crippen LogP contribution in [0.1, 0.15) is 22.6 Å². The fraction of sp³-hybridized carbons (Fsp3) is 0.200. The van der Waals surface area contributed by atoms with Crippen LogP contribution in [0.3, 0.4) is 0 Å². The van der Waals surface area contributed by atoms with Gasteiger partial charge in [0.05, 0.1) is 5.69 Å². The number of rotatable bonds is 2. The number of carbonyl (C=O) groups is 2. The molecule has 0 aromatic heterocycles. The third-order valence-electron chi connectivity index (χ3n) is 4.83. The predicted molar refractivity (Wildman–Crippen MR) is 103 cm³/mol. The van der Waals surface area contributed by atoms with Gasteiger partial charge in [0, 0.05) is 41.2 Å². The number of carbonyl (C=O) groups excluding carboxylic acids is 2. The van der Waals surface area contributed by atoms with Gasteiger partial charge in [-0.05, 0) is 48.0 Å². The minimum atomic E-state index is -0.320. The van der Waals surface area contributed by atoms with E-state index in [-0.39, 0.29) is 17.7 Å². The second-order valence-corrected chi connectivity index (χ2v) is 7.49. The molecule has 1 atom stereocenters. The Hall–Kier alpha value is -2.14. The normalized spacial score (nSPS) is 20.0. The summed E-state index contributed by atoms with van der Waals surface area (Å²) in [5, 5.41) is 1.27. The second kappa shape index (κ2) is 6.54. The zero-order chi connectivity index (χ0) is 18.4. The number of fused-ring (bicyclic) bond motifs is 1. The van der Waals surface area contributed by atoms with E-state index in [0.29, 0.717) is 15.7 Å². The summed E-state index contributed by atoms with van der Waals surface area (Å²) in [7, 11) is 2.04. The highest BCUT2D eigenvalue weighted by atomic mass is 35.5. The van der Waals surface area contributed by atoms with Crippen molar-refractivity contribution in [3.05, 3.63) is 75.3 Å². The van der Waals surface area contributed by atoms with Gasteiger partial charge >= 0.3 is 0 Å². The predicted octanol–water partition coefficient (Wildman–Crippen LogP) is 4.00. The molecule has 0 N–H and O–H groups in total. The van der Waals surface area contributed by atoms with Gasteiger partial charge in [-0.1, -0.05) is 35.3 Å². The van der Waals surface area contributed by atoms with E-state index in [2.05, 4.69) is 4.90 Å². The van der Waals surface area contributed by atoms with E-state index in [1.807, 2.05) is 31.3 Å². The highest BCUT2D eigenvalue weighted by Crippen LogP contribution is 2.39. The maximum absolute atomic E-state index is 12.0. The van der Waals surface area contributed by atoms with Crippen LogP contribution in [0.15, 0.2) is 48.6 Å². The average Bonchev–Trinajstić information content (AvgIpc) is 2.94. The van der Waals surface area contributed by atoms with E-state index in [0.717, 1.165) is 29.8 Å². The van der Waals surface area contributed by atoms with E-state index in [9.17, 15) is 9.59 Å². The molecular weight excluding hydrogens is 371 g/mol. The fourth-order valence-electron chi connectivity index (χ4n) is 3.67. The lowest BCUT2D eigenvalue weighted by atomic mass is 9.84. The Bertz CT molecular complexity index is 937. The maximum atomic E-state index is 12.0. The van der Waals surface area contributed by atoms with Crippen molar-refractivity contribution >= 4 is 40.7 Å². The summed E-state index contributed by atoms with van der Waals surface area (Å²) in [5.41, 5.74) is 3.75. The number of imide groups is 1. The van der Waals surface area contributed by atoms with Gasteiger partial charge in [-0.2, -0.15) is 0 Å². The Morgan fingerprint density at radius 3 is 2.50 bits per heavy atom. The first-order valence-corrected chi connectivity index (χ1v) is 9.02. The number of halogens is 2. The van der Waals surface area contributed by atoms with Crippen LogP contribution in [0, 0.1) is 0 Å². The van der Waals surface area contributed by atoms with Gasteiger partial charge in [-0.25, -0.2) is 4.90 Å². The summed E-state index contributed by atoms with van der Waals surface area (Å²) in [4.78, 5) is 27.4. The third-order valence-corrected chi connectivity index (χ3v) is 5.39. The van der Waals surface area contributed by atoms with Crippen molar-refractivity contribution in [2.75, 3.05) is 18.5 Å². The summed E-state index contributed by atoms with van der Waals surface area (Å²) in [6.07, 6.45) is 2.58. The molecule has 2 aromatic carbocycles. The Labute approximate surface area is 161 Å². The fourth-order valence-corrected chi connectivity index (χ4v) is 4.23. The van der Waals surface area contributed by atoms with Crippen molar-refractivity contribution in [3.8, 4) is 0 Å². The van der Waals surface area contributed by atoms with Crippen LogP contribution in [0.5, 0.6) is 0 Å². The van der Waals surface area contributed by atoms with E-state index in [4.69, 9.17) is 23.2 Å². The number of hydrogen-bond acceptors (Lipinski definition) is 3. The quantitative estimate of drug-likeness (QED) is 0.732. The molecule has 0 saturated heterocycles. The van der Waals surface area contributed by atoms with E-state index >= 15 is 0 Å². The summed E-state index contributed by atoms with van der Waals surface area (Å²) >= 11 is 12.7. The van der Waals surface area contributed by atoms with Crippen molar-refractivity contribution < 1.29 is 9.59 Å². The third kappa shape index (κ3) is 2.94. The molecule has 4 nitrogen and oxygen atoms in total. The number of nitrogens with zero attached hydrogens (tertiary/aromatic N) is 2. The van der Waals surface area contributed by atoms with Crippen molar-refractivity contribution in [2.45, 2.75) is 12.5 Å². The number of amides is 2. The molecule has 0 bridgehead atoms. The van der Waals surface area contributed by atoms with Crippen molar-refractivity contribution in [1.29, 1.82) is 0 Å². The largest absolute Gasteiger partial charge is 0.301 e. The van der Waals surface area contributed by atoms with Crippen LogP contribution < -0.4 is 4.90 Å². The van der Waals surface area contributed by atoms with Gasteiger partial charge < -0.3 is 4.90 Å². The molecule has 0 fully saturated rings. The van der Waals surface area contributed by atoms with E-state index in [1.54, 1.807) is 12.1 Å². The second-order valence-electron chi connectivity index (χ2n) is 6.64. The monoisotopic (exact) mass is 386 g/mol. The van der Waals surface area contributed by atoms with Crippen molar-refractivity contribution in [2.24, 2.45) is 0 Å². The molecule has 4 rings (SSSR count). The summed E-state index contributed by atoms with van der Waals surface area (Å²) in [5.74, 6) is -0.584. The lowest BCUT2D eigenvalue weighted by Crippen LogP contribution is -2.32. The van der Waals surface area contributed by atoms with Crippen LogP contribution >= 0.6 is 23.2 Å². The summed E-state index contributed by atoms with van der Waals surface area (Å²) in [6, 6.07) is 11.3. The molecule has 132 valence electrons. The Balaban J connectivity index is 1.79. The molecule has 0 radical (unpaired) electrons. The summed E-state index contributed by atoms with van der Waals surface area (Å²) < 4.78 is 0. The Morgan fingerprint density at radius 1 is 1.04 bits per heavy atom. The van der Waals surface area contributed by atoms with E-state index in [1.165, 1.54) is 17.1 Å². The van der Waals surface area contributed by atoms with Gasteiger partial charge in [0.2, 0.25) is 0 Å². The molecule has 6 heteroatoms. The molecule has 2 amide bonds. The van der Waals surface area contributed by atoms with Crippen LogP contribution in [0.2, 0.25) is 10.0 Å². The summed E-state index contributed by atoms with van der Waals surface area (Å²) in [6.45, 7) is 1.56. The zero-order valence-corrected chi connectivity index (χ0v) is 15.6. The molecule has 2 aliphatic heterocycles. The van der Waals surface area contributed by atoms with Gasteiger partial charge in [0.15, 0.2) is 0 Å². The topological polar surface area (TPSA) is 40.6 Å². The van der Waals surface area contributed by atoms with Crippen molar-refractivity contribution in [3.63, 3.8) is 0 Å². The molecule has 2 aliphatic rings. The molecule has 0 spiro atoms. The molecule has 26 heavy (non-hydrogen) atoms. The van der Waals surface area contributed by atoms with Gasteiger partial charge in [-0.15, -0.1) is 0 Å². The highest BCUT2D eigenvalue weighted by Gasteiger charge is 2.29. The molecule has 2 heterocycles. The highest BCUT2D eigenvalue weighted by molar-refractivity contribution is 6.35. The van der Waals surface area contributed by atoms with Crippen LogP contribution in [-0.2, 0) is 16.1 Å². The molecule has 1 unspecified atom stereocenters. The lowest BCUT2D eigenvalue weighted by molar-refractivity contribution is -0.119. The SMILES string of the molecule is CN1Cc2c(Cl)cc(Cl)cc2C(c2cccc(N3C(=O)C=CC3=O)c2)C1. The Morgan fingerprint density at radius 2 is 1.77 bits per heavy atom. The van der Waals surface area contributed by atoms with Gasteiger partial charge in [0.1, 0.15) is 0 Å². The molecule has 0 saturated carbocycles. The van der Waals surface area contributed by atoms with Gasteiger partial charge in [-0.3, -0.25) is 9.59 Å². The molecule has 0 aliphatic carbocycles. The molecule has 2 aromatic rings.